The average molecular weight is 483 g/mol. The first-order valence-corrected chi connectivity index (χ1v) is 10.0. The van der Waals surface area contributed by atoms with E-state index in [9.17, 15) is 0 Å². The summed E-state index contributed by atoms with van der Waals surface area (Å²) in [5, 5.41) is 6.81. The Morgan fingerprint density at radius 3 is 2.58 bits per heavy atom. The van der Waals surface area contributed by atoms with Crippen LogP contribution < -0.4 is 10.6 Å². The van der Waals surface area contributed by atoms with Crippen LogP contribution in [0.5, 0.6) is 0 Å². The Labute approximate surface area is 178 Å². The standard InChI is InChI=1S/C19H41N5O.HI/c1-6-20-19(21-10-14-23(4)11-7-15-25-5)22-16-18(3)24-12-8-17(2)9-13-24;/h17-18H,6-16H2,1-5H3,(H2,20,21,22);1H. The van der Waals surface area contributed by atoms with Gasteiger partial charge in [-0.25, -0.2) is 0 Å². The van der Waals surface area contributed by atoms with Crippen molar-refractivity contribution in [3.05, 3.63) is 0 Å². The normalized spacial score (nSPS) is 17.8. The number of methoxy groups -OCH3 is 1. The summed E-state index contributed by atoms with van der Waals surface area (Å²) < 4.78 is 5.10. The quantitative estimate of drug-likeness (QED) is 0.204. The van der Waals surface area contributed by atoms with Gasteiger partial charge in [-0.2, -0.15) is 0 Å². The van der Waals surface area contributed by atoms with Crippen molar-refractivity contribution in [2.24, 2.45) is 10.9 Å². The Hall–Kier alpha value is -0.120. The average Bonchev–Trinajstić information content (AvgIpc) is 2.60. The van der Waals surface area contributed by atoms with Crippen LogP contribution in [0.2, 0.25) is 0 Å². The zero-order valence-corrected chi connectivity index (χ0v) is 19.9. The number of nitrogens with one attached hydrogen (secondary N) is 2. The van der Waals surface area contributed by atoms with Crippen LogP contribution >= 0.6 is 24.0 Å². The molecule has 0 spiro atoms. The van der Waals surface area contributed by atoms with E-state index in [1.165, 1.54) is 25.9 Å². The van der Waals surface area contributed by atoms with E-state index in [4.69, 9.17) is 9.73 Å². The van der Waals surface area contributed by atoms with Crippen molar-refractivity contribution in [3.8, 4) is 0 Å². The van der Waals surface area contributed by atoms with Crippen LogP contribution in [-0.4, -0.2) is 88.4 Å². The number of ether oxygens (including phenoxy) is 1. The van der Waals surface area contributed by atoms with Crippen molar-refractivity contribution >= 4 is 29.9 Å². The van der Waals surface area contributed by atoms with Gasteiger partial charge in [-0.15, -0.1) is 24.0 Å². The van der Waals surface area contributed by atoms with Gasteiger partial charge >= 0.3 is 0 Å². The number of rotatable bonds is 11. The van der Waals surface area contributed by atoms with Crippen molar-refractivity contribution in [1.29, 1.82) is 0 Å². The zero-order valence-electron chi connectivity index (χ0n) is 17.6. The topological polar surface area (TPSA) is 52.1 Å². The van der Waals surface area contributed by atoms with E-state index in [0.29, 0.717) is 6.04 Å². The molecule has 1 saturated heterocycles. The van der Waals surface area contributed by atoms with Gasteiger partial charge in [0.1, 0.15) is 0 Å². The second kappa shape index (κ2) is 15.9. The van der Waals surface area contributed by atoms with E-state index in [0.717, 1.165) is 57.6 Å². The number of halogens is 1. The molecule has 0 aromatic heterocycles. The molecule has 26 heavy (non-hydrogen) atoms. The third-order valence-electron chi connectivity index (χ3n) is 4.97. The summed E-state index contributed by atoms with van der Waals surface area (Å²) in [6, 6.07) is 0.514. The van der Waals surface area contributed by atoms with Gasteiger partial charge in [0.25, 0.3) is 0 Å². The molecule has 0 aliphatic carbocycles. The van der Waals surface area contributed by atoms with Crippen molar-refractivity contribution in [2.45, 2.75) is 46.1 Å². The highest BCUT2D eigenvalue weighted by molar-refractivity contribution is 14.0. The first-order chi connectivity index (χ1) is 12.1. The monoisotopic (exact) mass is 483 g/mol. The Morgan fingerprint density at radius 2 is 1.96 bits per heavy atom. The largest absolute Gasteiger partial charge is 0.385 e. The molecule has 0 aromatic carbocycles. The maximum absolute atomic E-state index is 5.10. The Bertz CT molecular complexity index is 362. The summed E-state index contributed by atoms with van der Waals surface area (Å²) in [4.78, 5) is 9.70. The maximum Gasteiger partial charge on any atom is 0.191 e. The van der Waals surface area contributed by atoms with E-state index in [1.807, 2.05) is 0 Å². The van der Waals surface area contributed by atoms with E-state index in [-0.39, 0.29) is 24.0 Å². The molecular formula is C19H42IN5O. The smallest absolute Gasteiger partial charge is 0.191 e. The van der Waals surface area contributed by atoms with E-state index in [1.54, 1.807) is 7.11 Å². The molecule has 1 unspecified atom stereocenters. The molecule has 1 fully saturated rings. The lowest BCUT2D eigenvalue weighted by molar-refractivity contribution is 0.150. The van der Waals surface area contributed by atoms with Crippen LogP contribution in [0.25, 0.3) is 0 Å². The number of piperidine rings is 1. The highest BCUT2D eigenvalue weighted by atomic mass is 127. The predicted octanol–water partition coefficient (Wildman–Crippen LogP) is 2.25. The highest BCUT2D eigenvalue weighted by Gasteiger charge is 2.19. The van der Waals surface area contributed by atoms with Crippen LogP contribution in [0.3, 0.4) is 0 Å². The lowest BCUT2D eigenvalue weighted by atomic mass is 9.98. The molecule has 0 amide bonds. The molecule has 1 rings (SSSR count). The summed E-state index contributed by atoms with van der Waals surface area (Å²) in [7, 11) is 3.91. The minimum Gasteiger partial charge on any atom is -0.385 e. The minimum absolute atomic E-state index is 0. The van der Waals surface area contributed by atoms with Crippen molar-refractivity contribution < 1.29 is 4.74 Å². The van der Waals surface area contributed by atoms with Crippen molar-refractivity contribution in [2.75, 3.05) is 66.6 Å². The van der Waals surface area contributed by atoms with E-state index >= 15 is 0 Å². The van der Waals surface area contributed by atoms with Gasteiger partial charge in [-0.05, 0) is 59.2 Å². The molecule has 1 aliphatic heterocycles. The van der Waals surface area contributed by atoms with Gasteiger partial charge in [0.05, 0.1) is 6.54 Å². The molecule has 156 valence electrons. The third-order valence-corrected chi connectivity index (χ3v) is 4.97. The van der Waals surface area contributed by atoms with E-state index in [2.05, 4.69) is 48.3 Å². The highest BCUT2D eigenvalue weighted by Crippen LogP contribution is 2.17. The molecule has 6 nitrogen and oxygen atoms in total. The van der Waals surface area contributed by atoms with Crippen LogP contribution in [-0.2, 0) is 4.74 Å². The molecule has 1 aliphatic rings. The van der Waals surface area contributed by atoms with Crippen LogP contribution in [0, 0.1) is 5.92 Å². The van der Waals surface area contributed by atoms with Gasteiger partial charge in [-0.1, -0.05) is 6.92 Å². The van der Waals surface area contributed by atoms with Gasteiger partial charge < -0.3 is 20.3 Å². The van der Waals surface area contributed by atoms with Gasteiger partial charge in [0.2, 0.25) is 0 Å². The van der Waals surface area contributed by atoms with Gasteiger partial charge in [0, 0.05) is 45.9 Å². The molecule has 0 aromatic rings. The molecule has 0 radical (unpaired) electrons. The molecular weight excluding hydrogens is 441 g/mol. The summed E-state index contributed by atoms with van der Waals surface area (Å²) in [5.41, 5.74) is 0. The summed E-state index contributed by atoms with van der Waals surface area (Å²) in [6.07, 6.45) is 3.72. The van der Waals surface area contributed by atoms with Crippen LogP contribution in [0.1, 0.15) is 40.0 Å². The van der Waals surface area contributed by atoms with E-state index < -0.39 is 0 Å². The number of aliphatic imine (C=N–C) groups is 1. The molecule has 1 atom stereocenters. The molecule has 0 bridgehead atoms. The molecule has 0 saturated carbocycles. The predicted molar refractivity (Wildman–Crippen MR) is 123 cm³/mol. The second-order valence-electron chi connectivity index (χ2n) is 7.36. The number of likely N-dealkylation sites (N-methyl/N-ethyl adjacent to an activating group) is 1. The number of hydrogen-bond acceptors (Lipinski definition) is 4. The lowest BCUT2D eigenvalue weighted by Gasteiger charge is -2.34. The number of likely N-dealkylation sites (tertiary alicyclic amines) is 1. The number of guanidine groups is 1. The van der Waals surface area contributed by atoms with Gasteiger partial charge in [0.15, 0.2) is 5.96 Å². The molecule has 1 heterocycles. The number of hydrogen-bond donors (Lipinski definition) is 2. The summed E-state index contributed by atoms with van der Waals surface area (Å²) in [5.74, 6) is 1.82. The molecule has 2 N–H and O–H groups in total. The Morgan fingerprint density at radius 1 is 1.27 bits per heavy atom. The van der Waals surface area contributed by atoms with Crippen LogP contribution in [0.4, 0.5) is 0 Å². The SMILES string of the molecule is CCNC(=NCC(C)N1CCC(C)CC1)NCCN(C)CCCOC.I. The van der Waals surface area contributed by atoms with Crippen molar-refractivity contribution in [1.82, 2.24) is 20.4 Å². The number of nitrogens with zero attached hydrogens (tertiary/aromatic N) is 3. The summed E-state index contributed by atoms with van der Waals surface area (Å²) in [6.45, 7) is 14.8. The zero-order chi connectivity index (χ0) is 18.5. The summed E-state index contributed by atoms with van der Waals surface area (Å²) >= 11 is 0. The van der Waals surface area contributed by atoms with Crippen LogP contribution in [0.15, 0.2) is 4.99 Å². The maximum atomic E-state index is 5.10. The van der Waals surface area contributed by atoms with Crippen molar-refractivity contribution in [3.63, 3.8) is 0 Å². The lowest BCUT2D eigenvalue weighted by Crippen LogP contribution is -2.44. The third kappa shape index (κ3) is 11.6. The minimum atomic E-state index is 0. The first-order valence-electron chi connectivity index (χ1n) is 10.0. The Balaban J connectivity index is 0.00000625. The van der Waals surface area contributed by atoms with Gasteiger partial charge in [-0.3, -0.25) is 9.89 Å². The second-order valence-corrected chi connectivity index (χ2v) is 7.36. The Kier molecular flexibility index (Phi) is 15.8. The molecule has 7 heteroatoms. The fourth-order valence-electron chi connectivity index (χ4n) is 3.11. The fraction of sp³-hybridized carbons (Fsp3) is 0.947. The fourth-order valence-corrected chi connectivity index (χ4v) is 3.11. The first kappa shape index (κ1) is 25.9.